The van der Waals surface area contributed by atoms with Gasteiger partial charge in [-0.2, -0.15) is 18.3 Å². The number of alkyl halides is 3. The van der Waals surface area contributed by atoms with Crippen LogP contribution in [0.1, 0.15) is 40.3 Å². The van der Waals surface area contributed by atoms with Gasteiger partial charge in [-0.05, 0) is 61.7 Å². The van der Waals surface area contributed by atoms with Gasteiger partial charge in [0.1, 0.15) is 17.3 Å². The summed E-state index contributed by atoms with van der Waals surface area (Å²) in [4.78, 5) is 12.7. The quantitative estimate of drug-likeness (QED) is 0.412. The number of hydrogen-bond acceptors (Lipinski definition) is 5. The number of halogens is 5. The molecule has 4 rings (SSSR count). The first-order valence-corrected chi connectivity index (χ1v) is 11.0. The molecule has 2 N–H and O–H groups in total. The predicted molar refractivity (Wildman–Crippen MR) is 117 cm³/mol. The van der Waals surface area contributed by atoms with Gasteiger partial charge in [0.2, 0.25) is 0 Å². The van der Waals surface area contributed by atoms with E-state index in [1.165, 1.54) is 0 Å². The first-order chi connectivity index (χ1) is 15.2. The van der Waals surface area contributed by atoms with Crippen molar-refractivity contribution < 1.29 is 27.1 Å². The lowest BCUT2D eigenvalue weighted by Crippen LogP contribution is -2.35. The summed E-state index contributed by atoms with van der Waals surface area (Å²) in [6.07, 6.45) is -4.90. The Kier molecular flexibility index (Phi) is 6.26. The minimum Gasteiger partial charge on any atom is -0.497 e. The number of carbonyl (C=O) groups is 1. The van der Waals surface area contributed by atoms with Crippen molar-refractivity contribution >= 4 is 43.6 Å². The highest BCUT2D eigenvalue weighted by Gasteiger charge is 2.48. The number of rotatable bonds is 5. The Morgan fingerprint density at radius 2 is 2.00 bits per heavy atom. The highest BCUT2D eigenvalue weighted by atomic mass is 79.9. The third kappa shape index (κ3) is 4.51. The molecular formula is C20H17Br2F3N4O3. The number of amides is 1. The van der Waals surface area contributed by atoms with E-state index in [0.29, 0.717) is 16.2 Å². The van der Waals surface area contributed by atoms with Crippen molar-refractivity contribution in [1.82, 2.24) is 15.1 Å². The summed E-state index contributed by atoms with van der Waals surface area (Å²) in [5.41, 5.74) is 0.658. The van der Waals surface area contributed by atoms with Crippen molar-refractivity contribution in [1.29, 1.82) is 0 Å². The molecule has 2 aromatic heterocycles. The molecule has 1 aromatic carbocycles. The second-order valence-electron chi connectivity index (χ2n) is 7.12. The summed E-state index contributed by atoms with van der Waals surface area (Å²) in [5, 5.41) is 9.67. The molecule has 32 heavy (non-hydrogen) atoms. The van der Waals surface area contributed by atoms with Crippen LogP contribution in [0.4, 0.5) is 19.0 Å². The molecule has 2 unspecified atom stereocenters. The third-order valence-corrected chi connectivity index (χ3v) is 6.24. The highest BCUT2D eigenvalue weighted by Crippen LogP contribution is 2.46. The van der Waals surface area contributed by atoms with E-state index < -0.39 is 24.2 Å². The molecule has 0 spiro atoms. The number of fused-ring (bicyclic) bond motifs is 1. The smallest absolute Gasteiger partial charge is 0.410 e. The molecule has 2 atom stereocenters. The van der Waals surface area contributed by atoms with Gasteiger partial charge in [-0.1, -0.05) is 12.1 Å². The van der Waals surface area contributed by atoms with E-state index in [1.54, 1.807) is 43.5 Å². The van der Waals surface area contributed by atoms with Crippen LogP contribution in [0.3, 0.4) is 0 Å². The molecule has 12 heteroatoms. The molecule has 170 valence electrons. The molecule has 3 aromatic rings. The monoisotopic (exact) mass is 576 g/mol. The maximum absolute atomic E-state index is 13.8. The molecule has 7 nitrogen and oxygen atoms in total. The summed E-state index contributed by atoms with van der Waals surface area (Å²) in [6.45, 7) is 0.177. The second-order valence-corrected chi connectivity index (χ2v) is 8.69. The fraction of sp³-hybridized carbons (Fsp3) is 0.300. The number of ether oxygens (including phenoxy) is 1. The maximum Gasteiger partial charge on any atom is 0.410 e. The average molecular weight is 578 g/mol. The number of furan rings is 1. The number of methoxy groups -OCH3 is 1. The number of aromatic nitrogens is 2. The van der Waals surface area contributed by atoms with Crippen molar-refractivity contribution in [3.05, 3.63) is 62.6 Å². The van der Waals surface area contributed by atoms with Crippen molar-refractivity contribution in [2.75, 3.05) is 12.4 Å². The Labute approximate surface area is 197 Å². The van der Waals surface area contributed by atoms with Crippen molar-refractivity contribution in [2.24, 2.45) is 0 Å². The van der Waals surface area contributed by atoms with Crippen LogP contribution in [0, 0.1) is 0 Å². The third-order valence-electron chi connectivity index (χ3n) is 5.06. The summed E-state index contributed by atoms with van der Waals surface area (Å²) < 4.78 is 53.4. The molecule has 1 aliphatic rings. The van der Waals surface area contributed by atoms with Crippen LogP contribution in [0.5, 0.6) is 5.75 Å². The Balaban J connectivity index is 1.59. The fourth-order valence-corrected chi connectivity index (χ4v) is 4.32. The normalized spacial score (nSPS) is 18.1. The van der Waals surface area contributed by atoms with Gasteiger partial charge in [0.15, 0.2) is 16.4 Å². The minimum absolute atomic E-state index is 0.0608. The number of benzene rings is 1. The lowest BCUT2D eigenvalue weighted by atomic mass is 10.0. The second kappa shape index (κ2) is 8.81. The Hall–Kier alpha value is -2.47. The first-order valence-electron chi connectivity index (χ1n) is 9.45. The Bertz CT molecular complexity index is 1130. The van der Waals surface area contributed by atoms with E-state index >= 15 is 0 Å². The van der Waals surface area contributed by atoms with Gasteiger partial charge in [-0.15, -0.1) is 0 Å². The van der Waals surface area contributed by atoms with E-state index in [4.69, 9.17) is 9.15 Å². The molecule has 1 amide bonds. The first kappa shape index (κ1) is 22.7. The molecule has 3 heterocycles. The Morgan fingerprint density at radius 1 is 1.28 bits per heavy atom. The van der Waals surface area contributed by atoms with Gasteiger partial charge in [-0.25, -0.2) is 4.68 Å². The number of anilines is 1. The van der Waals surface area contributed by atoms with E-state index in [-0.39, 0.29) is 29.0 Å². The summed E-state index contributed by atoms with van der Waals surface area (Å²) in [6, 6.07) is 7.58. The number of nitrogens with one attached hydrogen (secondary N) is 2. The van der Waals surface area contributed by atoms with Crippen LogP contribution < -0.4 is 15.4 Å². The van der Waals surface area contributed by atoms with Gasteiger partial charge in [-0.3, -0.25) is 4.79 Å². The Morgan fingerprint density at radius 3 is 2.59 bits per heavy atom. The topological polar surface area (TPSA) is 81.3 Å². The average Bonchev–Trinajstić information content (AvgIpc) is 3.34. The van der Waals surface area contributed by atoms with E-state index in [0.717, 1.165) is 10.2 Å². The molecule has 0 fully saturated rings. The molecular weight excluding hydrogens is 561 g/mol. The number of hydrogen-bond donors (Lipinski definition) is 2. The highest BCUT2D eigenvalue weighted by molar-refractivity contribution is 9.10. The van der Waals surface area contributed by atoms with Crippen molar-refractivity contribution in [3.63, 3.8) is 0 Å². The molecule has 0 aliphatic carbocycles. The van der Waals surface area contributed by atoms with Crippen molar-refractivity contribution in [2.45, 2.75) is 31.2 Å². The van der Waals surface area contributed by atoms with Crippen LogP contribution in [-0.2, 0) is 6.54 Å². The molecule has 0 saturated heterocycles. The van der Waals surface area contributed by atoms with E-state index in [2.05, 4.69) is 47.6 Å². The zero-order valence-electron chi connectivity index (χ0n) is 16.5. The van der Waals surface area contributed by atoms with Crippen LogP contribution >= 0.6 is 31.9 Å². The zero-order chi connectivity index (χ0) is 23.0. The van der Waals surface area contributed by atoms with Crippen molar-refractivity contribution in [3.8, 4) is 5.75 Å². The molecule has 0 saturated carbocycles. The van der Waals surface area contributed by atoms with Gasteiger partial charge in [0.05, 0.1) is 17.6 Å². The zero-order valence-corrected chi connectivity index (χ0v) is 19.7. The molecule has 0 bridgehead atoms. The van der Waals surface area contributed by atoms with Crippen LogP contribution in [-0.4, -0.2) is 29.0 Å². The number of nitrogens with zero attached hydrogens (tertiary/aromatic N) is 2. The van der Waals surface area contributed by atoms with Gasteiger partial charge >= 0.3 is 6.18 Å². The van der Waals surface area contributed by atoms with E-state index in [1.807, 2.05) is 0 Å². The minimum atomic E-state index is -4.57. The van der Waals surface area contributed by atoms with Crippen LogP contribution in [0.15, 0.2) is 50.0 Å². The lowest BCUT2D eigenvalue weighted by Gasteiger charge is -2.32. The summed E-state index contributed by atoms with van der Waals surface area (Å²) >= 11 is 6.42. The van der Waals surface area contributed by atoms with Gasteiger partial charge < -0.3 is 19.8 Å². The summed E-state index contributed by atoms with van der Waals surface area (Å²) in [7, 11) is 1.55. The molecule has 0 radical (unpaired) electrons. The standard InChI is InChI=1S/C20H17Br2F3N4O3/c1-31-11-4-2-10(3-5-11)9-26-19(30)17-16(22)18-27-12(13-6-7-15(21)32-13)8-14(20(23,24)25)29(18)28-17/h2-7,12,14,27H,8-9H2,1H3,(H,26,30). The van der Waals surface area contributed by atoms with Crippen LogP contribution in [0.2, 0.25) is 0 Å². The lowest BCUT2D eigenvalue weighted by molar-refractivity contribution is -0.174. The van der Waals surface area contributed by atoms with Gasteiger partial charge in [0.25, 0.3) is 5.91 Å². The van der Waals surface area contributed by atoms with Crippen LogP contribution in [0.25, 0.3) is 0 Å². The largest absolute Gasteiger partial charge is 0.497 e. The fourth-order valence-electron chi connectivity index (χ4n) is 3.45. The van der Waals surface area contributed by atoms with E-state index in [9.17, 15) is 18.0 Å². The maximum atomic E-state index is 13.8. The summed E-state index contributed by atoms with van der Waals surface area (Å²) in [5.74, 6) is 0.475. The predicted octanol–water partition coefficient (Wildman–Crippen LogP) is 5.60. The molecule has 1 aliphatic heterocycles. The number of carbonyl (C=O) groups excluding carboxylic acids is 1. The van der Waals surface area contributed by atoms with Gasteiger partial charge in [0, 0.05) is 13.0 Å². The SMILES string of the molecule is COc1ccc(CNC(=O)c2nn3c(c2Br)NC(c2ccc(Br)o2)CC3C(F)(F)F)cc1.